The summed E-state index contributed by atoms with van der Waals surface area (Å²) in [5, 5.41) is 18.7. The average molecular weight is 405 g/mol. The van der Waals surface area contributed by atoms with Crippen molar-refractivity contribution in [2.75, 3.05) is 0 Å². The summed E-state index contributed by atoms with van der Waals surface area (Å²) in [5.41, 5.74) is 4.63. The van der Waals surface area contributed by atoms with Crippen LogP contribution >= 0.6 is 0 Å². The van der Waals surface area contributed by atoms with Gasteiger partial charge in [0.15, 0.2) is 0 Å². The quantitative estimate of drug-likeness (QED) is 0.487. The van der Waals surface area contributed by atoms with Gasteiger partial charge in [0.2, 0.25) is 0 Å². The molecule has 3 rings (SSSR count). The Morgan fingerprint density at radius 1 is 1.20 bits per heavy atom. The molecular formula is C26H28O4. The molecule has 0 heterocycles. The molecule has 30 heavy (non-hydrogen) atoms. The van der Waals surface area contributed by atoms with Crippen molar-refractivity contribution in [3.05, 3.63) is 76.9 Å². The Bertz CT molecular complexity index is 947. The van der Waals surface area contributed by atoms with E-state index in [4.69, 9.17) is 9.84 Å². The minimum atomic E-state index is -0.858. The van der Waals surface area contributed by atoms with Gasteiger partial charge in [-0.3, -0.25) is 4.79 Å². The Balaban J connectivity index is 1.58. The van der Waals surface area contributed by atoms with E-state index < -0.39 is 5.97 Å². The van der Waals surface area contributed by atoms with E-state index in [2.05, 4.69) is 42.2 Å². The lowest BCUT2D eigenvalue weighted by Crippen LogP contribution is -2.11. The van der Waals surface area contributed by atoms with E-state index in [-0.39, 0.29) is 18.4 Å². The Morgan fingerprint density at radius 2 is 1.97 bits per heavy atom. The first kappa shape index (κ1) is 21.7. The van der Waals surface area contributed by atoms with E-state index in [1.54, 1.807) is 6.92 Å². The van der Waals surface area contributed by atoms with Gasteiger partial charge in [-0.2, -0.15) is 0 Å². The molecule has 2 aromatic carbocycles. The maximum absolute atomic E-state index is 11.0. The molecule has 4 heteroatoms. The van der Waals surface area contributed by atoms with Crippen molar-refractivity contribution < 1.29 is 19.7 Å². The van der Waals surface area contributed by atoms with Crippen LogP contribution in [0, 0.1) is 11.8 Å². The SMILES string of the molecule is CC#CC(CC(=O)O)c1ccc(OCc2cccc(CC3=CCC(O)CC3)c2)cc1. The molecule has 2 unspecified atom stereocenters. The zero-order valence-electron chi connectivity index (χ0n) is 17.3. The number of carboxylic acids is 1. The molecule has 0 radical (unpaired) electrons. The van der Waals surface area contributed by atoms with Gasteiger partial charge in [0, 0.05) is 0 Å². The number of hydrogen-bond donors (Lipinski definition) is 2. The summed E-state index contributed by atoms with van der Waals surface area (Å²) >= 11 is 0. The van der Waals surface area contributed by atoms with E-state index in [9.17, 15) is 9.90 Å². The van der Waals surface area contributed by atoms with Crippen molar-refractivity contribution in [3.63, 3.8) is 0 Å². The first-order chi connectivity index (χ1) is 14.5. The van der Waals surface area contributed by atoms with Crippen LogP contribution in [-0.4, -0.2) is 22.3 Å². The van der Waals surface area contributed by atoms with Gasteiger partial charge in [-0.15, -0.1) is 5.92 Å². The molecule has 0 bridgehead atoms. The van der Waals surface area contributed by atoms with E-state index >= 15 is 0 Å². The average Bonchev–Trinajstić information content (AvgIpc) is 2.74. The summed E-state index contributed by atoms with van der Waals surface area (Å²) in [6.45, 7) is 2.19. The first-order valence-corrected chi connectivity index (χ1v) is 10.3. The molecule has 0 saturated carbocycles. The minimum absolute atomic E-state index is 0.0107. The highest BCUT2D eigenvalue weighted by molar-refractivity contribution is 5.69. The highest BCUT2D eigenvalue weighted by atomic mass is 16.5. The molecular weight excluding hydrogens is 376 g/mol. The lowest BCUT2D eigenvalue weighted by molar-refractivity contribution is -0.137. The number of ether oxygens (including phenoxy) is 1. The number of aliphatic carboxylic acids is 1. The van der Waals surface area contributed by atoms with Gasteiger partial charge in [-0.25, -0.2) is 0 Å². The molecule has 0 amide bonds. The third kappa shape index (κ3) is 6.50. The van der Waals surface area contributed by atoms with Crippen LogP contribution in [0.25, 0.3) is 0 Å². The van der Waals surface area contributed by atoms with Crippen molar-refractivity contribution in [3.8, 4) is 17.6 Å². The number of aliphatic hydroxyl groups is 1. The standard InChI is InChI=1S/C26H28O4/c1-2-4-23(17-26(28)29)22-9-13-25(14-10-22)30-18-21-6-3-5-20(16-21)15-19-7-11-24(27)12-8-19/h3,5-7,9-10,13-14,16,23-24,27H,8,11-12,15,17-18H2,1H3,(H,28,29). The second-order valence-electron chi connectivity index (χ2n) is 7.69. The van der Waals surface area contributed by atoms with Crippen molar-refractivity contribution in [1.29, 1.82) is 0 Å². The fourth-order valence-corrected chi connectivity index (χ4v) is 3.69. The summed E-state index contributed by atoms with van der Waals surface area (Å²) in [5.74, 6) is 5.34. The van der Waals surface area contributed by atoms with Crippen LogP contribution < -0.4 is 4.74 Å². The van der Waals surface area contributed by atoms with Crippen molar-refractivity contribution in [2.24, 2.45) is 0 Å². The molecule has 2 N–H and O–H groups in total. The molecule has 0 aliphatic heterocycles. The van der Waals surface area contributed by atoms with Gasteiger partial charge in [-0.05, 0) is 61.4 Å². The first-order valence-electron chi connectivity index (χ1n) is 10.3. The van der Waals surface area contributed by atoms with Gasteiger partial charge >= 0.3 is 5.97 Å². The summed E-state index contributed by atoms with van der Waals surface area (Å²) < 4.78 is 5.93. The number of carbonyl (C=O) groups is 1. The molecule has 1 aliphatic rings. The van der Waals surface area contributed by atoms with Gasteiger partial charge in [0.1, 0.15) is 12.4 Å². The molecule has 0 aromatic heterocycles. The summed E-state index contributed by atoms with van der Waals surface area (Å²) in [6, 6.07) is 15.9. The Morgan fingerprint density at radius 3 is 2.63 bits per heavy atom. The van der Waals surface area contributed by atoms with Crippen molar-refractivity contribution in [1.82, 2.24) is 0 Å². The van der Waals surface area contributed by atoms with Gasteiger partial charge in [-0.1, -0.05) is 54.0 Å². The number of rotatable bonds is 8. The van der Waals surface area contributed by atoms with Crippen LogP contribution in [0.2, 0.25) is 0 Å². The largest absolute Gasteiger partial charge is 0.489 e. The van der Waals surface area contributed by atoms with E-state index in [0.717, 1.165) is 42.6 Å². The Hall–Kier alpha value is -3.03. The fraction of sp³-hybridized carbons (Fsp3) is 0.346. The lowest BCUT2D eigenvalue weighted by Gasteiger charge is -2.17. The van der Waals surface area contributed by atoms with Crippen molar-refractivity contribution in [2.45, 2.75) is 57.7 Å². The van der Waals surface area contributed by atoms with Crippen LogP contribution in [0.15, 0.2) is 60.2 Å². The number of allylic oxidation sites excluding steroid dienone is 1. The molecule has 0 saturated heterocycles. The normalized spacial score (nSPS) is 16.7. The Kier molecular flexibility index (Phi) is 7.70. The van der Waals surface area contributed by atoms with Crippen LogP contribution in [0.3, 0.4) is 0 Å². The number of benzene rings is 2. The maximum Gasteiger partial charge on any atom is 0.304 e. The third-order valence-electron chi connectivity index (χ3n) is 5.29. The molecule has 0 fully saturated rings. The smallest absolute Gasteiger partial charge is 0.304 e. The lowest BCUT2D eigenvalue weighted by atomic mass is 9.92. The number of hydrogen-bond acceptors (Lipinski definition) is 3. The van der Waals surface area contributed by atoms with Crippen LogP contribution in [0.5, 0.6) is 5.75 Å². The topological polar surface area (TPSA) is 66.8 Å². The highest BCUT2D eigenvalue weighted by Crippen LogP contribution is 2.24. The predicted molar refractivity (Wildman–Crippen MR) is 117 cm³/mol. The van der Waals surface area contributed by atoms with Crippen LogP contribution in [0.4, 0.5) is 0 Å². The summed E-state index contributed by atoms with van der Waals surface area (Å²) in [6.07, 6.45) is 5.45. The fourth-order valence-electron chi connectivity index (χ4n) is 3.69. The highest BCUT2D eigenvalue weighted by Gasteiger charge is 2.14. The van der Waals surface area contributed by atoms with Gasteiger partial charge in [0.05, 0.1) is 18.4 Å². The predicted octanol–water partition coefficient (Wildman–Crippen LogP) is 4.86. The third-order valence-corrected chi connectivity index (χ3v) is 5.29. The molecule has 2 atom stereocenters. The number of carboxylic acid groups (broad SMARTS) is 1. The summed E-state index contributed by atoms with van der Waals surface area (Å²) in [4.78, 5) is 11.0. The second-order valence-corrected chi connectivity index (χ2v) is 7.69. The second kappa shape index (κ2) is 10.7. The molecule has 4 nitrogen and oxygen atoms in total. The molecule has 2 aromatic rings. The molecule has 0 spiro atoms. The monoisotopic (exact) mass is 404 g/mol. The Labute approximate surface area is 178 Å². The zero-order chi connectivity index (χ0) is 21.3. The van der Waals surface area contributed by atoms with Crippen LogP contribution in [-0.2, 0) is 17.8 Å². The van der Waals surface area contributed by atoms with Crippen molar-refractivity contribution >= 4 is 5.97 Å². The van der Waals surface area contributed by atoms with E-state index in [1.165, 1.54) is 11.1 Å². The number of aliphatic hydroxyl groups excluding tert-OH is 1. The van der Waals surface area contributed by atoms with Crippen LogP contribution in [0.1, 0.15) is 55.2 Å². The molecule has 156 valence electrons. The van der Waals surface area contributed by atoms with Gasteiger partial charge < -0.3 is 14.9 Å². The zero-order valence-corrected chi connectivity index (χ0v) is 17.3. The minimum Gasteiger partial charge on any atom is -0.489 e. The van der Waals surface area contributed by atoms with Gasteiger partial charge in [0.25, 0.3) is 0 Å². The maximum atomic E-state index is 11.0. The van der Waals surface area contributed by atoms with E-state index in [1.807, 2.05) is 24.3 Å². The molecule has 1 aliphatic carbocycles. The summed E-state index contributed by atoms with van der Waals surface area (Å²) in [7, 11) is 0. The van der Waals surface area contributed by atoms with E-state index in [0.29, 0.717) is 6.61 Å².